The molecule has 32 heavy (non-hydrogen) atoms. The van der Waals surface area contributed by atoms with Crippen LogP contribution in [0.25, 0.3) is 11.0 Å². The minimum atomic E-state index is -0.791. The van der Waals surface area contributed by atoms with E-state index in [9.17, 15) is 14.7 Å². The van der Waals surface area contributed by atoms with E-state index in [2.05, 4.69) is 15.9 Å². The highest BCUT2D eigenvalue weighted by molar-refractivity contribution is 9.10. The van der Waals surface area contributed by atoms with Gasteiger partial charge in [-0.1, -0.05) is 40.2 Å². The molecule has 4 rings (SSSR count). The molecule has 1 aromatic heterocycles. The average molecular weight is 499 g/mol. The number of methoxy groups -OCH3 is 1. The summed E-state index contributed by atoms with van der Waals surface area (Å²) >= 11 is 3.44. The van der Waals surface area contributed by atoms with Crippen LogP contribution in [0.3, 0.4) is 0 Å². The van der Waals surface area contributed by atoms with E-state index in [0.29, 0.717) is 35.4 Å². The minimum Gasteiger partial charge on any atom is -0.868 e. The van der Waals surface area contributed by atoms with Crippen molar-refractivity contribution < 1.29 is 28.7 Å². The Hall–Kier alpha value is -3.10. The van der Waals surface area contributed by atoms with Crippen molar-refractivity contribution in [2.75, 3.05) is 34.3 Å². The molecular formula is C24H23BrN2O5. The van der Waals surface area contributed by atoms with Crippen LogP contribution in [0.4, 0.5) is 0 Å². The fraction of sp³-hybridized carbons (Fsp3) is 0.250. The number of benzene rings is 2. The van der Waals surface area contributed by atoms with E-state index >= 15 is 0 Å². The van der Waals surface area contributed by atoms with Crippen LogP contribution in [0.15, 0.2) is 68.8 Å². The number of amides is 1. The van der Waals surface area contributed by atoms with Crippen molar-refractivity contribution in [2.45, 2.75) is 6.04 Å². The zero-order valence-corrected chi connectivity index (χ0v) is 19.6. The number of halogens is 1. The van der Waals surface area contributed by atoms with Crippen LogP contribution in [0, 0.1) is 0 Å². The third-order valence-corrected chi connectivity index (χ3v) is 5.99. The van der Waals surface area contributed by atoms with Gasteiger partial charge in [-0.15, -0.1) is 0 Å². The standard InChI is InChI=1S/C24H23BrN2O5/c1-26(2)10-11-27-20(14-6-4-8-16(25)12-14)19(22(29)24(27)30)21(28)18-13-15-7-5-9-17(31-3)23(15)32-18/h4-9,12-13,20,29H,10-11H2,1-3H3. The van der Waals surface area contributed by atoms with Crippen molar-refractivity contribution in [3.63, 3.8) is 0 Å². The number of rotatable bonds is 7. The lowest BCUT2D eigenvalue weighted by Gasteiger charge is -2.28. The monoisotopic (exact) mass is 498 g/mol. The predicted octanol–water partition coefficient (Wildman–Crippen LogP) is 1.73. The molecule has 0 radical (unpaired) electrons. The number of hydrogen-bond donors (Lipinski definition) is 1. The molecule has 0 spiro atoms. The van der Waals surface area contributed by atoms with Gasteiger partial charge in [-0.2, -0.15) is 0 Å². The SMILES string of the molecule is COc1cccc2cc(C(=O)C3=C([O-])C(=O)N(CC[NH+](C)C)C3c3cccc(Br)c3)oc12. The van der Waals surface area contributed by atoms with Gasteiger partial charge in [0.15, 0.2) is 17.1 Å². The second-order valence-corrected chi connectivity index (χ2v) is 8.89. The smallest absolute Gasteiger partial charge is 0.240 e. The second-order valence-electron chi connectivity index (χ2n) is 7.97. The fourth-order valence-corrected chi connectivity index (χ4v) is 4.33. The van der Waals surface area contributed by atoms with Gasteiger partial charge in [-0.05, 0) is 35.6 Å². The van der Waals surface area contributed by atoms with Gasteiger partial charge in [-0.3, -0.25) is 9.59 Å². The molecule has 0 aliphatic carbocycles. The number of furan rings is 1. The number of ketones is 1. The number of nitrogens with zero attached hydrogens (tertiary/aromatic N) is 1. The number of fused-ring (bicyclic) bond motifs is 1. The van der Waals surface area contributed by atoms with Crippen LogP contribution in [-0.2, 0) is 4.79 Å². The Labute approximate surface area is 194 Å². The summed E-state index contributed by atoms with van der Waals surface area (Å²) in [7, 11) is 5.45. The first-order chi connectivity index (χ1) is 15.3. The van der Waals surface area contributed by atoms with Gasteiger partial charge < -0.3 is 24.1 Å². The Kier molecular flexibility index (Phi) is 6.08. The first-order valence-electron chi connectivity index (χ1n) is 10.2. The predicted molar refractivity (Wildman–Crippen MR) is 120 cm³/mol. The van der Waals surface area contributed by atoms with E-state index in [4.69, 9.17) is 9.15 Å². The molecule has 1 unspecified atom stereocenters. The molecule has 3 aromatic rings. The quantitative estimate of drug-likeness (QED) is 0.501. The summed E-state index contributed by atoms with van der Waals surface area (Å²) in [5.41, 5.74) is 1.01. The third-order valence-electron chi connectivity index (χ3n) is 5.50. The molecule has 2 aromatic carbocycles. The van der Waals surface area contributed by atoms with Crippen molar-refractivity contribution in [1.29, 1.82) is 0 Å². The van der Waals surface area contributed by atoms with Gasteiger partial charge in [0.2, 0.25) is 11.7 Å². The van der Waals surface area contributed by atoms with Crippen molar-refractivity contribution >= 4 is 38.6 Å². The number of carbonyl (C=O) groups excluding carboxylic acids is 2. The number of hydrogen-bond acceptors (Lipinski definition) is 5. The number of ether oxygens (including phenoxy) is 1. The highest BCUT2D eigenvalue weighted by Gasteiger charge is 2.40. The van der Waals surface area contributed by atoms with E-state index in [0.717, 1.165) is 9.37 Å². The number of likely N-dealkylation sites (N-methyl/N-ethyl adjacent to an activating group) is 1. The van der Waals surface area contributed by atoms with Crippen molar-refractivity contribution in [3.05, 3.63) is 75.7 Å². The largest absolute Gasteiger partial charge is 0.868 e. The minimum absolute atomic E-state index is 0.000677. The summed E-state index contributed by atoms with van der Waals surface area (Å²) in [5, 5.41) is 13.7. The third kappa shape index (κ3) is 3.91. The maximum absolute atomic E-state index is 13.5. The normalized spacial score (nSPS) is 16.5. The molecule has 0 bridgehead atoms. The topological polar surface area (TPSA) is 87.2 Å². The highest BCUT2D eigenvalue weighted by Crippen LogP contribution is 2.39. The zero-order valence-electron chi connectivity index (χ0n) is 18.0. The Morgan fingerprint density at radius 2 is 1.97 bits per heavy atom. The maximum Gasteiger partial charge on any atom is 0.240 e. The fourth-order valence-electron chi connectivity index (χ4n) is 3.91. The Morgan fingerprint density at radius 3 is 2.66 bits per heavy atom. The molecule has 1 N–H and O–H groups in total. The molecule has 8 heteroatoms. The van der Waals surface area contributed by atoms with Gasteiger partial charge in [0.05, 0.1) is 40.3 Å². The summed E-state index contributed by atoms with van der Waals surface area (Å²) in [6.45, 7) is 0.974. The van der Waals surface area contributed by atoms with Crippen LogP contribution in [0.2, 0.25) is 0 Å². The Morgan fingerprint density at radius 1 is 1.22 bits per heavy atom. The number of nitrogens with one attached hydrogen (secondary N) is 1. The zero-order chi connectivity index (χ0) is 23.0. The number of para-hydroxylation sites is 1. The van der Waals surface area contributed by atoms with E-state index < -0.39 is 23.5 Å². The highest BCUT2D eigenvalue weighted by atomic mass is 79.9. The lowest BCUT2D eigenvalue weighted by atomic mass is 9.95. The molecular weight excluding hydrogens is 476 g/mol. The average Bonchev–Trinajstić information content (AvgIpc) is 3.31. The Bertz CT molecular complexity index is 1230. The molecule has 1 aliphatic heterocycles. The van der Waals surface area contributed by atoms with Gasteiger partial charge in [-0.25, -0.2) is 0 Å². The van der Waals surface area contributed by atoms with Crippen LogP contribution < -0.4 is 14.7 Å². The number of carbonyl (C=O) groups is 2. The molecule has 7 nitrogen and oxygen atoms in total. The van der Waals surface area contributed by atoms with Crippen LogP contribution in [0.1, 0.15) is 22.2 Å². The molecule has 1 atom stereocenters. The van der Waals surface area contributed by atoms with Crippen LogP contribution in [-0.4, -0.2) is 50.9 Å². The summed E-state index contributed by atoms with van der Waals surface area (Å²) in [5.74, 6) is -1.57. The molecule has 166 valence electrons. The van der Waals surface area contributed by atoms with Gasteiger partial charge in [0, 0.05) is 15.4 Å². The van der Waals surface area contributed by atoms with E-state index in [1.807, 2.05) is 38.4 Å². The van der Waals surface area contributed by atoms with Crippen molar-refractivity contribution in [3.8, 4) is 5.75 Å². The summed E-state index contributed by atoms with van der Waals surface area (Å²) in [6.07, 6.45) is 0. The van der Waals surface area contributed by atoms with Crippen LogP contribution >= 0.6 is 15.9 Å². The second kappa shape index (κ2) is 8.80. The van der Waals surface area contributed by atoms with Crippen molar-refractivity contribution in [2.24, 2.45) is 0 Å². The maximum atomic E-state index is 13.5. The summed E-state index contributed by atoms with van der Waals surface area (Å²) in [6, 6.07) is 13.4. The molecule has 0 saturated heterocycles. The summed E-state index contributed by atoms with van der Waals surface area (Å²) < 4.78 is 11.9. The van der Waals surface area contributed by atoms with Crippen LogP contribution in [0.5, 0.6) is 5.75 Å². The molecule has 1 amide bonds. The lowest BCUT2D eigenvalue weighted by Crippen LogP contribution is -3.06. The van der Waals surface area contributed by atoms with E-state index in [-0.39, 0.29) is 11.3 Å². The first-order valence-corrected chi connectivity index (χ1v) is 11.0. The number of Topliss-reactive ketones (excluding diaryl/α,β-unsaturated/α-hetero) is 1. The summed E-state index contributed by atoms with van der Waals surface area (Å²) in [4.78, 5) is 29.1. The van der Waals surface area contributed by atoms with Gasteiger partial charge in [0.25, 0.3) is 0 Å². The van der Waals surface area contributed by atoms with E-state index in [1.54, 1.807) is 24.3 Å². The van der Waals surface area contributed by atoms with Gasteiger partial charge in [0.1, 0.15) is 0 Å². The number of quaternary nitrogens is 1. The first kappa shape index (κ1) is 22.1. The molecule has 1 aliphatic rings. The molecule has 0 fully saturated rings. The Balaban J connectivity index is 1.81. The molecule has 0 saturated carbocycles. The van der Waals surface area contributed by atoms with Gasteiger partial charge >= 0.3 is 0 Å². The van der Waals surface area contributed by atoms with Crippen molar-refractivity contribution in [1.82, 2.24) is 4.90 Å². The molecule has 2 heterocycles. The van der Waals surface area contributed by atoms with E-state index in [1.165, 1.54) is 12.0 Å². The lowest BCUT2D eigenvalue weighted by molar-refractivity contribution is -0.857.